The fourth-order valence-corrected chi connectivity index (χ4v) is 2.26. The number of anilines is 1. The van der Waals surface area contributed by atoms with Gasteiger partial charge in [0, 0.05) is 6.07 Å². The number of benzene rings is 1. The van der Waals surface area contributed by atoms with Crippen molar-refractivity contribution >= 4 is 11.7 Å². The Morgan fingerprint density at radius 3 is 2.50 bits per heavy atom. The predicted octanol–water partition coefficient (Wildman–Crippen LogP) is 4.08. The van der Waals surface area contributed by atoms with Crippen molar-refractivity contribution in [1.29, 1.82) is 0 Å². The van der Waals surface area contributed by atoms with Crippen LogP contribution in [0.25, 0.3) is 0 Å². The Balaban J connectivity index is 2.79. The smallest absolute Gasteiger partial charge is 0.311 e. The van der Waals surface area contributed by atoms with Crippen molar-refractivity contribution in [3.8, 4) is 0 Å². The van der Waals surface area contributed by atoms with E-state index in [1.165, 1.54) is 0 Å². The Morgan fingerprint density at radius 2 is 1.90 bits per heavy atom. The lowest BCUT2D eigenvalue weighted by Crippen LogP contribution is -2.15. The summed E-state index contributed by atoms with van der Waals surface area (Å²) in [5.74, 6) is -3.76. The van der Waals surface area contributed by atoms with E-state index in [4.69, 9.17) is 5.73 Å². The molecule has 0 amide bonds. The average Bonchev–Trinajstić information content (AvgIpc) is 2.38. The molecule has 0 aromatic heterocycles. The standard InChI is InChI=1S/C15H21F2NO2/c1-2-3-4-5-6-7-11(15(19)20)12-8-10(16)9-13(17)14(12)18/h8-9,11H,2-7,18H2,1H3,(H,19,20). The minimum absolute atomic E-state index is 0.0329. The minimum atomic E-state index is -1.10. The number of unbranched alkanes of at least 4 members (excludes halogenated alkanes) is 4. The molecule has 1 aromatic carbocycles. The SMILES string of the molecule is CCCCCCCC(C(=O)O)c1cc(F)cc(F)c1N. The van der Waals surface area contributed by atoms with Crippen LogP contribution >= 0.6 is 0 Å². The monoisotopic (exact) mass is 285 g/mol. The van der Waals surface area contributed by atoms with E-state index in [-0.39, 0.29) is 11.3 Å². The summed E-state index contributed by atoms with van der Waals surface area (Å²) < 4.78 is 26.6. The Labute approximate surface area is 117 Å². The van der Waals surface area contributed by atoms with Gasteiger partial charge >= 0.3 is 5.97 Å². The zero-order valence-corrected chi connectivity index (χ0v) is 11.7. The summed E-state index contributed by atoms with van der Waals surface area (Å²) in [6, 6.07) is 1.68. The summed E-state index contributed by atoms with van der Waals surface area (Å²) in [5.41, 5.74) is 5.30. The Hall–Kier alpha value is -1.65. The van der Waals surface area contributed by atoms with Gasteiger partial charge in [0.05, 0.1) is 11.6 Å². The molecule has 1 aromatic rings. The Kier molecular flexibility index (Phi) is 6.42. The molecule has 0 fully saturated rings. The number of carboxylic acid groups (broad SMARTS) is 1. The van der Waals surface area contributed by atoms with Crippen molar-refractivity contribution in [2.45, 2.75) is 51.4 Å². The van der Waals surface area contributed by atoms with Crippen LogP contribution in [0.5, 0.6) is 0 Å². The highest BCUT2D eigenvalue weighted by atomic mass is 19.1. The number of carbonyl (C=O) groups is 1. The minimum Gasteiger partial charge on any atom is -0.481 e. The van der Waals surface area contributed by atoms with Crippen molar-refractivity contribution < 1.29 is 18.7 Å². The number of nitrogens with two attached hydrogens (primary N) is 1. The topological polar surface area (TPSA) is 63.3 Å². The molecule has 0 spiro atoms. The van der Waals surface area contributed by atoms with E-state index in [2.05, 4.69) is 6.92 Å². The first-order valence-corrected chi connectivity index (χ1v) is 6.94. The molecule has 112 valence electrons. The van der Waals surface area contributed by atoms with E-state index in [1.807, 2.05) is 0 Å². The predicted molar refractivity (Wildman–Crippen MR) is 74.5 cm³/mol. The van der Waals surface area contributed by atoms with Crippen LogP contribution in [0.2, 0.25) is 0 Å². The third kappa shape index (κ3) is 4.47. The summed E-state index contributed by atoms with van der Waals surface area (Å²) in [7, 11) is 0. The highest BCUT2D eigenvalue weighted by molar-refractivity contribution is 5.78. The van der Waals surface area contributed by atoms with Crippen molar-refractivity contribution in [2.75, 3.05) is 5.73 Å². The van der Waals surface area contributed by atoms with E-state index in [0.717, 1.165) is 31.7 Å². The molecule has 0 saturated carbocycles. The second-order valence-corrected chi connectivity index (χ2v) is 4.98. The van der Waals surface area contributed by atoms with Crippen LogP contribution in [-0.2, 0) is 4.79 Å². The van der Waals surface area contributed by atoms with E-state index in [1.54, 1.807) is 0 Å². The Morgan fingerprint density at radius 1 is 1.25 bits per heavy atom. The molecule has 0 aliphatic carbocycles. The molecule has 1 atom stereocenters. The Bertz CT molecular complexity index is 463. The first-order valence-electron chi connectivity index (χ1n) is 6.94. The van der Waals surface area contributed by atoms with Gasteiger partial charge in [-0.25, -0.2) is 8.78 Å². The molecule has 5 heteroatoms. The normalized spacial score (nSPS) is 12.3. The number of hydrogen-bond acceptors (Lipinski definition) is 2. The number of nitrogen functional groups attached to an aromatic ring is 1. The van der Waals surface area contributed by atoms with Crippen LogP contribution in [0.1, 0.15) is 56.9 Å². The lowest BCUT2D eigenvalue weighted by Gasteiger charge is -2.15. The van der Waals surface area contributed by atoms with Crippen LogP contribution in [0.15, 0.2) is 12.1 Å². The largest absolute Gasteiger partial charge is 0.481 e. The zero-order chi connectivity index (χ0) is 15.1. The molecule has 3 N–H and O–H groups in total. The maximum atomic E-state index is 13.4. The summed E-state index contributed by atoms with van der Waals surface area (Å²) in [6.45, 7) is 2.09. The lowest BCUT2D eigenvalue weighted by atomic mass is 9.91. The molecule has 3 nitrogen and oxygen atoms in total. The summed E-state index contributed by atoms with van der Waals surface area (Å²) in [5, 5.41) is 9.24. The van der Waals surface area contributed by atoms with Gasteiger partial charge < -0.3 is 10.8 Å². The molecule has 1 unspecified atom stereocenters. The molecule has 0 heterocycles. The third-order valence-electron chi connectivity index (χ3n) is 3.40. The van der Waals surface area contributed by atoms with Gasteiger partial charge in [-0.2, -0.15) is 0 Å². The van der Waals surface area contributed by atoms with Crippen LogP contribution in [0.4, 0.5) is 14.5 Å². The zero-order valence-electron chi connectivity index (χ0n) is 11.7. The fraction of sp³-hybridized carbons (Fsp3) is 0.533. The maximum Gasteiger partial charge on any atom is 0.311 e. The molecular weight excluding hydrogens is 264 g/mol. The molecule has 20 heavy (non-hydrogen) atoms. The molecule has 1 rings (SSSR count). The third-order valence-corrected chi connectivity index (χ3v) is 3.40. The molecule has 0 aliphatic heterocycles. The van der Waals surface area contributed by atoms with Crippen LogP contribution < -0.4 is 5.73 Å². The van der Waals surface area contributed by atoms with Crippen molar-refractivity contribution in [3.63, 3.8) is 0 Å². The highest BCUT2D eigenvalue weighted by Crippen LogP contribution is 2.30. The molecule has 0 bridgehead atoms. The van der Waals surface area contributed by atoms with E-state index >= 15 is 0 Å². The van der Waals surface area contributed by atoms with Gasteiger partial charge in [-0.05, 0) is 18.1 Å². The maximum absolute atomic E-state index is 13.4. The van der Waals surface area contributed by atoms with Crippen LogP contribution in [-0.4, -0.2) is 11.1 Å². The summed E-state index contributed by atoms with van der Waals surface area (Å²) >= 11 is 0. The molecule has 0 saturated heterocycles. The van der Waals surface area contributed by atoms with Crippen molar-refractivity contribution in [3.05, 3.63) is 29.3 Å². The lowest BCUT2D eigenvalue weighted by molar-refractivity contribution is -0.139. The first kappa shape index (κ1) is 16.4. The number of aliphatic carboxylic acids is 1. The number of halogens is 2. The van der Waals surface area contributed by atoms with Crippen molar-refractivity contribution in [2.24, 2.45) is 0 Å². The molecule has 0 radical (unpaired) electrons. The first-order chi connectivity index (χ1) is 9.47. The van der Waals surface area contributed by atoms with E-state index in [9.17, 15) is 18.7 Å². The fourth-order valence-electron chi connectivity index (χ4n) is 2.26. The van der Waals surface area contributed by atoms with Gasteiger partial charge in [0.15, 0.2) is 0 Å². The van der Waals surface area contributed by atoms with E-state index in [0.29, 0.717) is 18.9 Å². The van der Waals surface area contributed by atoms with Crippen LogP contribution in [0, 0.1) is 11.6 Å². The second kappa shape index (κ2) is 7.82. The average molecular weight is 285 g/mol. The second-order valence-electron chi connectivity index (χ2n) is 4.98. The van der Waals surface area contributed by atoms with Gasteiger partial charge in [-0.1, -0.05) is 39.0 Å². The van der Waals surface area contributed by atoms with Gasteiger partial charge in [-0.15, -0.1) is 0 Å². The summed E-state index contributed by atoms with van der Waals surface area (Å²) in [6.07, 6.45) is 5.20. The van der Waals surface area contributed by atoms with Gasteiger partial charge in [0.2, 0.25) is 0 Å². The number of hydrogen-bond donors (Lipinski definition) is 2. The quantitative estimate of drug-likeness (QED) is 0.559. The highest BCUT2D eigenvalue weighted by Gasteiger charge is 2.24. The molecular formula is C15H21F2NO2. The number of rotatable bonds is 8. The van der Waals surface area contributed by atoms with Crippen molar-refractivity contribution in [1.82, 2.24) is 0 Å². The number of carboxylic acids is 1. The van der Waals surface area contributed by atoms with E-state index < -0.39 is 23.5 Å². The summed E-state index contributed by atoms with van der Waals surface area (Å²) in [4.78, 5) is 11.3. The van der Waals surface area contributed by atoms with Gasteiger partial charge in [-0.3, -0.25) is 4.79 Å². The molecule has 0 aliphatic rings. The van der Waals surface area contributed by atoms with Gasteiger partial charge in [0.1, 0.15) is 11.6 Å². The van der Waals surface area contributed by atoms with Gasteiger partial charge in [0.25, 0.3) is 0 Å². The van der Waals surface area contributed by atoms with Crippen LogP contribution in [0.3, 0.4) is 0 Å².